The first-order chi connectivity index (χ1) is 15.5. The van der Waals surface area contributed by atoms with Crippen molar-refractivity contribution in [1.82, 2.24) is 0 Å². The normalized spacial score (nSPS) is 38.7. The molecule has 3 fully saturated rings. The van der Waals surface area contributed by atoms with E-state index in [9.17, 15) is 20.4 Å². The van der Waals surface area contributed by atoms with E-state index in [4.69, 9.17) is 0 Å². The van der Waals surface area contributed by atoms with E-state index in [0.29, 0.717) is 24.0 Å². The first-order valence-corrected chi connectivity index (χ1v) is 14.1. The Kier molecular flexibility index (Phi) is 8.99. The Labute approximate surface area is 205 Å². The molecule has 7 atom stereocenters. The third-order valence-electron chi connectivity index (χ3n) is 9.11. The summed E-state index contributed by atoms with van der Waals surface area (Å²) in [6.45, 7) is 12.8. The lowest BCUT2D eigenvalue weighted by molar-refractivity contribution is 0.0295. The van der Waals surface area contributed by atoms with Crippen molar-refractivity contribution in [1.29, 1.82) is 0 Å². The van der Waals surface area contributed by atoms with E-state index in [1.807, 2.05) is 11.8 Å². The summed E-state index contributed by atoms with van der Waals surface area (Å²) in [5.74, 6) is 1.53. The van der Waals surface area contributed by atoms with Gasteiger partial charge in [-0.15, -0.1) is 0 Å². The zero-order valence-corrected chi connectivity index (χ0v) is 21.9. The molecular weight excluding hydrogens is 432 g/mol. The van der Waals surface area contributed by atoms with Crippen LogP contribution >= 0.6 is 11.8 Å². The van der Waals surface area contributed by atoms with Crippen molar-refractivity contribution in [2.75, 3.05) is 5.75 Å². The molecule has 3 aliphatic carbocycles. The zero-order valence-electron chi connectivity index (χ0n) is 21.1. The Hall–Kier alpha value is -0.590. The Balaban J connectivity index is 1.73. The zero-order chi connectivity index (χ0) is 24.4. The first kappa shape index (κ1) is 27.0. The lowest BCUT2D eigenvalue weighted by atomic mass is 9.63. The molecule has 0 aromatic carbocycles. The maximum absolute atomic E-state index is 11.2. The van der Waals surface area contributed by atoms with E-state index in [2.05, 4.69) is 46.4 Å². The van der Waals surface area contributed by atoms with Crippen molar-refractivity contribution >= 4 is 11.8 Å². The van der Waals surface area contributed by atoms with Crippen LogP contribution in [0, 0.1) is 17.3 Å². The van der Waals surface area contributed by atoms with E-state index in [0.717, 1.165) is 61.8 Å². The van der Waals surface area contributed by atoms with Gasteiger partial charge in [0.2, 0.25) is 0 Å². The monoisotopic (exact) mass is 478 g/mol. The van der Waals surface area contributed by atoms with Crippen LogP contribution in [-0.2, 0) is 0 Å². The molecule has 3 saturated carbocycles. The van der Waals surface area contributed by atoms with Gasteiger partial charge in [0.15, 0.2) is 0 Å². The minimum atomic E-state index is -0.663. The first-order valence-electron chi connectivity index (χ1n) is 13.0. The highest BCUT2D eigenvalue weighted by Gasteiger charge is 2.55. The molecule has 4 nitrogen and oxygen atoms in total. The molecule has 0 aromatic rings. The van der Waals surface area contributed by atoms with Gasteiger partial charge in [-0.25, -0.2) is 0 Å². The van der Waals surface area contributed by atoms with Gasteiger partial charge in [-0.3, -0.25) is 0 Å². The summed E-state index contributed by atoms with van der Waals surface area (Å²) >= 11 is 1.91. The molecule has 188 valence electrons. The molecule has 5 heteroatoms. The van der Waals surface area contributed by atoms with Crippen LogP contribution in [0.1, 0.15) is 85.5 Å². The van der Waals surface area contributed by atoms with E-state index < -0.39 is 17.8 Å². The van der Waals surface area contributed by atoms with Crippen molar-refractivity contribution in [3.63, 3.8) is 0 Å². The highest BCUT2D eigenvalue weighted by Crippen LogP contribution is 2.59. The summed E-state index contributed by atoms with van der Waals surface area (Å²) < 4.78 is 0. The fourth-order valence-electron chi connectivity index (χ4n) is 6.75. The van der Waals surface area contributed by atoms with Crippen LogP contribution in [0.2, 0.25) is 0 Å². The molecule has 0 spiro atoms. The third-order valence-corrected chi connectivity index (χ3v) is 10.4. The van der Waals surface area contributed by atoms with Crippen LogP contribution in [0.15, 0.2) is 35.5 Å². The van der Waals surface area contributed by atoms with Crippen molar-refractivity contribution < 1.29 is 20.4 Å². The van der Waals surface area contributed by atoms with Crippen LogP contribution in [0.5, 0.6) is 0 Å². The van der Waals surface area contributed by atoms with E-state index in [1.54, 1.807) is 0 Å². The fourth-order valence-corrected chi connectivity index (χ4v) is 8.32. The topological polar surface area (TPSA) is 80.9 Å². The second kappa shape index (κ2) is 11.0. The average Bonchev–Trinajstić information content (AvgIpc) is 3.05. The second-order valence-electron chi connectivity index (χ2n) is 11.1. The molecule has 0 radical (unpaired) electrons. The van der Waals surface area contributed by atoms with Gasteiger partial charge in [-0.1, -0.05) is 52.0 Å². The summed E-state index contributed by atoms with van der Waals surface area (Å²) in [5.41, 5.74) is 2.57. The van der Waals surface area contributed by atoms with E-state index >= 15 is 0 Å². The number of fused-ring (bicyclic) bond motifs is 1. The lowest BCUT2D eigenvalue weighted by Crippen LogP contribution is -2.40. The van der Waals surface area contributed by atoms with Gasteiger partial charge < -0.3 is 20.4 Å². The summed E-state index contributed by atoms with van der Waals surface area (Å²) in [7, 11) is 0. The van der Waals surface area contributed by atoms with Gasteiger partial charge in [0, 0.05) is 17.6 Å². The number of hydrogen-bond acceptors (Lipinski definition) is 5. The smallest absolute Gasteiger partial charge is 0.0811 e. The SMILES string of the molecule is C=C1C(=CC=C2CCC[C@]3(C)[C@@H]([C@@H](C)SCCC(O)(CC)CC)[C@@H](O)C[C@@H]23)C[C@@H](O)C[C@@H]1O. The molecule has 0 unspecified atom stereocenters. The largest absolute Gasteiger partial charge is 0.393 e. The molecule has 0 aliphatic heterocycles. The van der Waals surface area contributed by atoms with E-state index in [1.165, 1.54) is 5.57 Å². The maximum atomic E-state index is 11.2. The van der Waals surface area contributed by atoms with Crippen LogP contribution in [0.25, 0.3) is 0 Å². The minimum absolute atomic E-state index is 0.0723. The molecular formula is C28H46O4S. The Morgan fingerprint density at radius 2 is 1.88 bits per heavy atom. The predicted molar refractivity (Wildman–Crippen MR) is 138 cm³/mol. The number of aliphatic hydroxyl groups is 4. The van der Waals surface area contributed by atoms with Crippen molar-refractivity contribution in [3.8, 4) is 0 Å². The third kappa shape index (κ3) is 5.81. The molecule has 33 heavy (non-hydrogen) atoms. The second-order valence-corrected chi connectivity index (χ2v) is 12.6. The van der Waals surface area contributed by atoms with Crippen molar-refractivity contribution in [2.24, 2.45) is 17.3 Å². The average molecular weight is 479 g/mol. The van der Waals surface area contributed by atoms with Crippen LogP contribution in [-0.4, -0.2) is 55.3 Å². The Morgan fingerprint density at radius 3 is 2.55 bits per heavy atom. The quantitative estimate of drug-likeness (QED) is 0.387. The molecule has 3 rings (SSSR count). The van der Waals surface area contributed by atoms with Gasteiger partial charge >= 0.3 is 0 Å². The summed E-state index contributed by atoms with van der Waals surface area (Å²) in [4.78, 5) is 0. The molecule has 4 N–H and O–H groups in total. The molecule has 0 heterocycles. The fraction of sp³-hybridized carbons (Fsp3) is 0.786. The van der Waals surface area contributed by atoms with Gasteiger partial charge in [0.05, 0.1) is 23.9 Å². The van der Waals surface area contributed by atoms with E-state index in [-0.39, 0.29) is 17.4 Å². The van der Waals surface area contributed by atoms with Gasteiger partial charge in [-0.05, 0) is 79.6 Å². The standard InChI is InChI=1S/C28H46O4S/c1-6-28(32,7-2)13-14-33-19(4)26-25(31)17-23-20(9-8-12-27(23,26)5)10-11-21-15-22(29)16-24(30)18(21)3/h10-11,19,22-26,29-32H,3,6-9,12-17H2,1-2,4-5H3/t19-,22-,23+,24+,25+,26+,27+/m1/s1. The van der Waals surface area contributed by atoms with Gasteiger partial charge in [-0.2, -0.15) is 11.8 Å². The van der Waals surface area contributed by atoms with Crippen LogP contribution in [0.4, 0.5) is 0 Å². The molecule has 0 saturated heterocycles. The number of hydrogen-bond donors (Lipinski definition) is 4. The maximum Gasteiger partial charge on any atom is 0.0811 e. The molecule has 0 bridgehead atoms. The summed E-state index contributed by atoms with van der Waals surface area (Å²) in [6.07, 6.45) is 10.2. The number of thioether (sulfide) groups is 1. The lowest BCUT2D eigenvalue weighted by Gasteiger charge is -2.44. The van der Waals surface area contributed by atoms with Gasteiger partial charge in [0.1, 0.15) is 0 Å². The highest BCUT2D eigenvalue weighted by atomic mass is 32.2. The number of aliphatic hydroxyl groups excluding tert-OH is 3. The van der Waals surface area contributed by atoms with Crippen molar-refractivity contribution in [3.05, 3.63) is 35.5 Å². The number of allylic oxidation sites excluding steroid dienone is 3. The summed E-state index contributed by atoms with van der Waals surface area (Å²) in [6, 6.07) is 0. The Bertz CT molecular complexity index is 755. The van der Waals surface area contributed by atoms with Gasteiger partial charge in [0.25, 0.3) is 0 Å². The highest BCUT2D eigenvalue weighted by molar-refractivity contribution is 7.99. The predicted octanol–water partition coefficient (Wildman–Crippen LogP) is 5.16. The van der Waals surface area contributed by atoms with Crippen LogP contribution < -0.4 is 0 Å². The van der Waals surface area contributed by atoms with Crippen LogP contribution in [0.3, 0.4) is 0 Å². The Morgan fingerprint density at radius 1 is 1.18 bits per heavy atom. The molecule has 0 amide bonds. The number of rotatable bonds is 8. The summed E-state index contributed by atoms with van der Waals surface area (Å²) in [5, 5.41) is 42.4. The minimum Gasteiger partial charge on any atom is -0.393 e. The molecule has 3 aliphatic rings. The van der Waals surface area contributed by atoms with Crippen molar-refractivity contribution in [2.45, 2.75) is 115 Å². The molecule has 0 aromatic heterocycles.